The second-order valence-corrected chi connectivity index (χ2v) is 5.76. The van der Waals surface area contributed by atoms with E-state index in [4.69, 9.17) is 9.47 Å². The third kappa shape index (κ3) is 2.24. The zero-order valence-electron chi connectivity index (χ0n) is 11.9. The summed E-state index contributed by atoms with van der Waals surface area (Å²) in [5.41, 5.74) is 0.739. The molecule has 3 rings (SSSR count). The molecule has 0 aromatic heterocycles. The first kappa shape index (κ1) is 13.0. The lowest BCUT2D eigenvalue weighted by Gasteiger charge is -2.34. The molecule has 0 aliphatic carbocycles. The van der Waals surface area contributed by atoms with E-state index in [-0.39, 0.29) is 11.6 Å². The number of hydrogen-bond acceptors (Lipinski definition) is 3. The zero-order chi connectivity index (χ0) is 14.3. The predicted octanol–water partition coefficient (Wildman–Crippen LogP) is 3.67. The van der Waals surface area contributed by atoms with E-state index in [1.165, 1.54) is 6.92 Å². The summed E-state index contributed by atoms with van der Waals surface area (Å²) in [5, 5.41) is 1.92. The van der Waals surface area contributed by atoms with Crippen LogP contribution in [0.15, 0.2) is 24.3 Å². The van der Waals surface area contributed by atoms with Crippen molar-refractivity contribution in [2.24, 2.45) is 0 Å². The van der Waals surface area contributed by atoms with Crippen molar-refractivity contribution in [3.8, 4) is 11.5 Å². The largest absolute Gasteiger partial charge is 0.487 e. The molecule has 0 unspecified atom stereocenters. The van der Waals surface area contributed by atoms with Gasteiger partial charge < -0.3 is 9.47 Å². The van der Waals surface area contributed by atoms with Gasteiger partial charge in [-0.15, -0.1) is 0 Å². The van der Waals surface area contributed by atoms with E-state index < -0.39 is 0 Å². The lowest BCUT2D eigenvalue weighted by Crippen LogP contribution is -2.33. The van der Waals surface area contributed by atoms with E-state index in [0.29, 0.717) is 5.75 Å². The molecule has 0 spiro atoms. The summed E-state index contributed by atoms with van der Waals surface area (Å²) >= 11 is 0. The minimum absolute atomic E-state index is 0.204. The summed E-state index contributed by atoms with van der Waals surface area (Å²) in [6, 6.07) is 11.1. The van der Waals surface area contributed by atoms with Gasteiger partial charge in [-0.3, -0.25) is 4.79 Å². The fourth-order valence-corrected chi connectivity index (χ4v) is 2.58. The Hall–Kier alpha value is -2.03. The lowest BCUT2D eigenvalue weighted by atomic mass is 9.91. The van der Waals surface area contributed by atoms with E-state index >= 15 is 0 Å². The predicted molar refractivity (Wildman–Crippen MR) is 77.1 cm³/mol. The Bertz CT molecular complexity index is 686. The number of benzene rings is 2. The number of ether oxygens (including phenoxy) is 2. The van der Waals surface area contributed by atoms with Gasteiger partial charge in [0.05, 0.1) is 0 Å². The Kier molecular flexibility index (Phi) is 2.93. The van der Waals surface area contributed by atoms with Crippen LogP contribution >= 0.6 is 0 Å². The monoisotopic (exact) mass is 269 g/mol. The molecule has 1 aliphatic heterocycles. The summed E-state index contributed by atoms with van der Waals surface area (Å²) in [4.78, 5) is 11.3. The fourth-order valence-electron chi connectivity index (χ4n) is 2.58. The van der Waals surface area contributed by atoms with Crippen molar-refractivity contribution in [1.82, 2.24) is 0 Å². The second kappa shape index (κ2) is 4.51. The van der Waals surface area contributed by atoms with E-state index in [1.54, 1.807) is 0 Å². The Morgan fingerprint density at radius 2 is 2.10 bits per heavy atom. The van der Waals surface area contributed by atoms with Crippen molar-refractivity contribution < 1.29 is 14.3 Å². The average molecular weight is 269 g/mol. The molecule has 1 aliphatic rings. The minimum Gasteiger partial charge on any atom is -0.487 e. The van der Waals surface area contributed by atoms with Gasteiger partial charge in [-0.1, -0.05) is 24.3 Å². The second-order valence-electron chi connectivity index (χ2n) is 5.76. The van der Waals surface area contributed by atoms with Gasteiger partial charge in [-0.2, -0.15) is 0 Å². The summed E-state index contributed by atoms with van der Waals surface area (Å²) in [7, 11) is 0. The summed E-state index contributed by atoms with van der Waals surface area (Å²) in [5.74, 6) is 0.997. The molecule has 0 atom stereocenters. The normalized spacial score (nSPS) is 16.4. The molecule has 3 nitrogen and oxygen atoms in total. The SMILES string of the molecule is CC(=O)Oc1[c]c2ccccc2c2c1CCC(C)(C)O2. The van der Waals surface area contributed by atoms with Gasteiger partial charge in [-0.25, -0.2) is 0 Å². The Morgan fingerprint density at radius 3 is 2.85 bits per heavy atom. The molecule has 3 heteroatoms. The molecule has 0 bridgehead atoms. The molecule has 2 aromatic carbocycles. The Morgan fingerprint density at radius 1 is 1.35 bits per heavy atom. The first-order chi connectivity index (χ1) is 9.46. The summed E-state index contributed by atoms with van der Waals surface area (Å²) in [6.45, 7) is 5.56. The smallest absolute Gasteiger partial charge is 0.308 e. The highest BCUT2D eigenvalue weighted by molar-refractivity contribution is 5.92. The van der Waals surface area contributed by atoms with Gasteiger partial charge in [-0.05, 0) is 32.1 Å². The van der Waals surface area contributed by atoms with E-state index in [9.17, 15) is 4.79 Å². The first-order valence-electron chi connectivity index (χ1n) is 6.81. The van der Waals surface area contributed by atoms with Crippen LogP contribution in [0.2, 0.25) is 0 Å². The number of carbonyl (C=O) groups excluding carboxylic acids is 1. The van der Waals surface area contributed by atoms with Gasteiger partial charge in [0.1, 0.15) is 17.1 Å². The van der Waals surface area contributed by atoms with Gasteiger partial charge in [0.15, 0.2) is 0 Å². The molecule has 20 heavy (non-hydrogen) atoms. The standard InChI is InChI=1S/C17H17O3/c1-11(18)19-15-10-12-6-4-5-7-13(12)16-14(15)8-9-17(2,3)20-16/h4-7H,8-9H2,1-3H3. The van der Waals surface area contributed by atoms with Gasteiger partial charge in [0, 0.05) is 23.9 Å². The molecule has 0 amide bonds. The Labute approximate surface area is 118 Å². The third-order valence-electron chi connectivity index (χ3n) is 3.57. The van der Waals surface area contributed by atoms with Crippen molar-refractivity contribution in [2.45, 2.75) is 39.2 Å². The average Bonchev–Trinajstić information content (AvgIpc) is 2.37. The zero-order valence-corrected chi connectivity index (χ0v) is 11.9. The van der Waals surface area contributed by atoms with Crippen molar-refractivity contribution in [1.29, 1.82) is 0 Å². The van der Waals surface area contributed by atoms with Crippen LogP contribution in [0.1, 0.15) is 32.8 Å². The number of carbonyl (C=O) groups is 1. The summed E-state index contributed by atoms with van der Waals surface area (Å²) in [6.07, 6.45) is 1.72. The van der Waals surface area contributed by atoms with Crippen LogP contribution in [0.4, 0.5) is 0 Å². The highest BCUT2D eigenvalue weighted by atomic mass is 16.5. The molecule has 1 heterocycles. The van der Waals surface area contributed by atoms with Crippen LogP contribution in [0.25, 0.3) is 10.8 Å². The van der Waals surface area contributed by atoms with Crippen molar-refractivity contribution >= 4 is 16.7 Å². The van der Waals surface area contributed by atoms with Crippen LogP contribution in [-0.2, 0) is 11.2 Å². The molecule has 0 fully saturated rings. The van der Waals surface area contributed by atoms with Gasteiger partial charge in [0.2, 0.25) is 0 Å². The molecule has 2 aromatic rings. The Balaban J connectivity index is 2.25. The quantitative estimate of drug-likeness (QED) is 0.585. The maximum atomic E-state index is 11.3. The maximum absolute atomic E-state index is 11.3. The third-order valence-corrected chi connectivity index (χ3v) is 3.57. The van der Waals surface area contributed by atoms with E-state index in [0.717, 1.165) is 34.9 Å². The number of esters is 1. The molecule has 103 valence electrons. The number of rotatable bonds is 1. The number of fused-ring (bicyclic) bond motifs is 3. The topological polar surface area (TPSA) is 35.5 Å². The first-order valence-corrected chi connectivity index (χ1v) is 6.81. The van der Waals surface area contributed by atoms with Crippen molar-refractivity contribution in [3.05, 3.63) is 35.9 Å². The van der Waals surface area contributed by atoms with Crippen LogP contribution in [-0.4, -0.2) is 11.6 Å². The molecular formula is C17H17O3. The van der Waals surface area contributed by atoms with Crippen LogP contribution < -0.4 is 9.47 Å². The highest BCUT2D eigenvalue weighted by Crippen LogP contribution is 2.43. The lowest BCUT2D eigenvalue weighted by molar-refractivity contribution is -0.131. The molecule has 0 N–H and O–H groups in total. The van der Waals surface area contributed by atoms with Crippen LogP contribution in [0, 0.1) is 6.07 Å². The highest BCUT2D eigenvalue weighted by Gasteiger charge is 2.30. The van der Waals surface area contributed by atoms with Crippen LogP contribution in [0.5, 0.6) is 11.5 Å². The molecule has 0 saturated heterocycles. The van der Waals surface area contributed by atoms with Crippen LogP contribution in [0.3, 0.4) is 0 Å². The van der Waals surface area contributed by atoms with Crippen molar-refractivity contribution in [3.63, 3.8) is 0 Å². The van der Waals surface area contributed by atoms with Gasteiger partial charge in [0.25, 0.3) is 0 Å². The maximum Gasteiger partial charge on any atom is 0.308 e. The van der Waals surface area contributed by atoms with E-state index in [1.807, 2.05) is 24.3 Å². The van der Waals surface area contributed by atoms with Crippen molar-refractivity contribution in [2.75, 3.05) is 0 Å². The molecule has 0 saturated carbocycles. The summed E-state index contributed by atoms with van der Waals surface area (Å²) < 4.78 is 11.5. The number of hydrogen-bond donors (Lipinski definition) is 0. The molecule has 1 radical (unpaired) electrons. The van der Waals surface area contributed by atoms with E-state index in [2.05, 4.69) is 19.9 Å². The minimum atomic E-state index is -0.330. The fraction of sp³-hybridized carbons (Fsp3) is 0.353. The van der Waals surface area contributed by atoms with Gasteiger partial charge >= 0.3 is 5.97 Å². The molecular weight excluding hydrogens is 252 g/mol.